The van der Waals surface area contributed by atoms with Crippen molar-refractivity contribution in [3.8, 4) is 0 Å². The van der Waals surface area contributed by atoms with Crippen molar-refractivity contribution in [1.29, 1.82) is 0 Å². The Hall–Kier alpha value is -3.15. The van der Waals surface area contributed by atoms with E-state index >= 15 is 0 Å². The fourth-order valence-corrected chi connectivity index (χ4v) is 2.25. The lowest BCUT2D eigenvalue weighted by molar-refractivity contribution is -0.164. The number of nitrogens with one attached hydrogen (secondary N) is 1. The summed E-state index contributed by atoms with van der Waals surface area (Å²) < 4.78 is 4.91. The fraction of sp³-hybridized carbons (Fsp3) is 0.167. The normalized spacial score (nSPS) is 12.7. The predicted molar refractivity (Wildman–Crippen MR) is 86.3 cm³/mol. The third kappa shape index (κ3) is 4.42. The molecule has 6 nitrogen and oxygen atoms in total. The van der Waals surface area contributed by atoms with Crippen LogP contribution in [0.2, 0.25) is 0 Å². The number of carboxylic acid groups (broad SMARTS) is 1. The number of rotatable bonds is 6. The van der Waals surface area contributed by atoms with Crippen LogP contribution in [0.5, 0.6) is 0 Å². The first kappa shape index (κ1) is 17.2. The summed E-state index contributed by atoms with van der Waals surface area (Å²) in [5, 5.41) is 12.0. The second-order valence-corrected chi connectivity index (χ2v) is 5.10. The molecule has 0 fully saturated rings. The SMILES string of the molecule is CC(=O)O[C@@H](C(=O)O)[C@@H](NC(=O)c1ccccc1)c1ccccc1. The molecule has 0 unspecified atom stereocenters. The van der Waals surface area contributed by atoms with Crippen LogP contribution in [0.3, 0.4) is 0 Å². The van der Waals surface area contributed by atoms with Crippen LogP contribution in [0.4, 0.5) is 0 Å². The van der Waals surface area contributed by atoms with Crippen molar-refractivity contribution in [3.63, 3.8) is 0 Å². The van der Waals surface area contributed by atoms with E-state index < -0.39 is 30.0 Å². The summed E-state index contributed by atoms with van der Waals surface area (Å²) >= 11 is 0. The molecule has 0 radical (unpaired) electrons. The maximum absolute atomic E-state index is 12.4. The lowest BCUT2D eigenvalue weighted by Crippen LogP contribution is -2.42. The number of carbonyl (C=O) groups excluding carboxylic acids is 2. The van der Waals surface area contributed by atoms with Gasteiger partial charge >= 0.3 is 11.9 Å². The Balaban J connectivity index is 2.34. The Morgan fingerprint density at radius 2 is 1.50 bits per heavy atom. The Kier molecular flexibility index (Phi) is 5.68. The highest BCUT2D eigenvalue weighted by atomic mass is 16.6. The van der Waals surface area contributed by atoms with Gasteiger partial charge in [-0.3, -0.25) is 9.59 Å². The minimum absolute atomic E-state index is 0.380. The third-order valence-electron chi connectivity index (χ3n) is 3.32. The molecule has 2 rings (SSSR count). The second kappa shape index (κ2) is 7.92. The number of hydrogen-bond donors (Lipinski definition) is 2. The van der Waals surface area contributed by atoms with Crippen LogP contribution in [-0.4, -0.2) is 29.1 Å². The minimum Gasteiger partial charge on any atom is -0.478 e. The molecular weight excluding hydrogens is 310 g/mol. The first-order chi connectivity index (χ1) is 11.5. The Bertz CT molecular complexity index is 715. The molecule has 0 spiro atoms. The molecule has 0 aliphatic carbocycles. The van der Waals surface area contributed by atoms with Gasteiger partial charge in [0.1, 0.15) is 6.04 Å². The maximum Gasteiger partial charge on any atom is 0.347 e. The van der Waals surface area contributed by atoms with E-state index in [0.29, 0.717) is 11.1 Å². The predicted octanol–water partition coefficient (Wildman–Crippen LogP) is 2.17. The van der Waals surface area contributed by atoms with Crippen molar-refractivity contribution in [2.24, 2.45) is 0 Å². The van der Waals surface area contributed by atoms with Gasteiger partial charge in [-0.25, -0.2) is 4.79 Å². The van der Waals surface area contributed by atoms with Gasteiger partial charge in [0.05, 0.1) is 0 Å². The van der Waals surface area contributed by atoms with Gasteiger partial charge in [0.2, 0.25) is 6.10 Å². The summed E-state index contributed by atoms with van der Waals surface area (Å²) in [5.74, 6) is -2.53. The molecule has 6 heteroatoms. The molecule has 0 aliphatic heterocycles. The van der Waals surface area contributed by atoms with Crippen LogP contribution in [0, 0.1) is 0 Å². The van der Waals surface area contributed by atoms with Crippen molar-refractivity contribution in [1.82, 2.24) is 5.32 Å². The molecule has 1 amide bonds. The Morgan fingerprint density at radius 1 is 0.958 bits per heavy atom. The van der Waals surface area contributed by atoms with Gasteiger partial charge in [-0.1, -0.05) is 48.5 Å². The lowest BCUT2D eigenvalue weighted by Gasteiger charge is -2.25. The van der Waals surface area contributed by atoms with Crippen molar-refractivity contribution < 1.29 is 24.2 Å². The zero-order chi connectivity index (χ0) is 17.5. The standard InChI is InChI=1S/C18H17NO5/c1-12(20)24-16(18(22)23)15(13-8-4-2-5-9-13)19-17(21)14-10-6-3-7-11-14/h2-11,15-16H,1H3,(H,19,21)(H,22,23)/t15-,16+/m0/s1. The van der Waals surface area contributed by atoms with Gasteiger partial charge < -0.3 is 15.2 Å². The fourth-order valence-electron chi connectivity index (χ4n) is 2.25. The zero-order valence-electron chi connectivity index (χ0n) is 13.0. The topological polar surface area (TPSA) is 92.7 Å². The van der Waals surface area contributed by atoms with E-state index in [1.165, 1.54) is 0 Å². The van der Waals surface area contributed by atoms with Gasteiger partial charge in [-0.15, -0.1) is 0 Å². The molecule has 24 heavy (non-hydrogen) atoms. The quantitative estimate of drug-likeness (QED) is 0.793. The highest BCUT2D eigenvalue weighted by Gasteiger charge is 2.33. The summed E-state index contributed by atoms with van der Waals surface area (Å²) in [6, 6.07) is 15.9. The number of aliphatic carboxylic acids is 1. The monoisotopic (exact) mass is 327 g/mol. The summed E-state index contributed by atoms with van der Waals surface area (Å²) in [5.41, 5.74) is 0.904. The Labute approximate surface area is 139 Å². The average molecular weight is 327 g/mol. The van der Waals surface area contributed by atoms with Crippen LogP contribution < -0.4 is 5.32 Å². The zero-order valence-corrected chi connectivity index (χ0v) is 13.0. The minimum atomic E-state index is -1.53. The van der Waals surface area contributed by atoms with Crippen LogP contribution in [0.25, 0.3) is 0 Å². The molecule has 0 saturated carbocycles. The smallest absolute Gasteiger partial charge is 0.347 e. The average Bonchev–Trinajstić information content (AvgIpc) is 2.59. The van der Waals surface area contributed by atoms with E-state index in [1.807, 2.05) is 0 Å². The molecular formula is C18H17NO5. The molecule has 0 aliphatic rings. The van der Waals surface area contributed by atoms with E-state index in [2.05, 4.69) is 5.32 Å². The summed E-state index contributed by atoms with van der Waals surface area (Å²) in [4.78, 5) is 35.2. The van der Waals surface area contributed by atoms with E-state index in [0.717, 1.165) is 6.92 Å². The van der Waals surface area contributed by atoms with Crippen LogP contribution in [0.15, 0.2) is 60.7 Å². The lowest BCUT2D eigenvalue weighted by atomic mass is 10.0. The van der Waals surface area contributed by atoms with Crippen molar-refractivity contribution >= 4 is 17.8 Å². The van der Waals surface area contributed by atoms with Gasteiger partial charge in [-0.05, 0) is 17.7 Å². The molecule has 0 heterocycles. The van der Waals surface area contributed by atoms with Crippen LogP contribution in [-0.2, 0) is 14.3 Å². The molecule has 2 aromatic carbocycles. The summed E-state index contributed by atoms with van der Waals surface area (Å²) in [6.07, 6.45) is -1.53. The highest BCUT2D eigenvalue weighted by Crippen LogP contribution is 2.21. The molecule has 2 N–H and O–H groups in total. The summed E-state index contributed by atoms with van der Waals surface area (Å²) in [7, 11) is 0. The van der Waals surface area contributed by atoms with Gasteiger partial charge in [-0.2, -0.15) is 0 Å². The largest absolute Gasteiger partial charge is 0.478 e. The number of benzene rings is 2. The molecule has 2 aromatic rings. The van der Waals surface area contributed by atoms with Gasteiger partial charge in [0.15, 0.2) is 0 Å². The molecule has 2 atom stereocenters. The number of amides is 1. The summed E-state index contributed by atoms with van der Waals surface area (Å²) in [6.45, 7) is 1.12. The van der Waals surface area contributed by atoms with Gasteiger partial charge in [0, 0.05) is 12.5 Å². The van der Waals surface area contributed by atoms with E-state index in [4.69, 9.17) is 4.74 Å². The van der Waals surface area contributed by atoms with Crippen molar-refractivity contribution in [3.05, 3.63) is 71.8 Å². The maximum atomic E-state index is 12.4. The number of esters is 1. The number of hydrogen-bond acceptors (Lipinski definition) is 4. The molecule has 0 bridgehead atoms. The number of ether oxygens (including phenoxy) is 1. The Morgan fingerprint density at radius 3 is 2.00 bits per heavy atom. The first-order valence-electron chi connectivity index (χ1n) is 7.30. The molecule has 0 aromatic heterocycles. The van der Waals surface area contributed by atoms with Crippen LogP contribution in [0.1, 0.15) is 28.9 Å². The van der Waals surface area contributed by atoms with Gasteiger partial charge in [0.25, 0.3) is 5.91 Å². The first-order valence-corrected chi connectivity index (χ1v) is 7.30. The van der Waals surface area contributed by atoms with E-state index in [9.17, 15) is 19.5 Å². The number of carbonyl (C=O) groups is 3. The van der Waals surface area contributed by atoms with Crippen molar-refractivity contribution in [2.75, 3.05) is 0 Å². The second-order valence-electron chi connectivity index (χ2n) is 5.10. The van der Waals surface area contributed by atoms with E-state index in [-0.39, 0.29) is 0 Å². The van der Waals surface area contributed by atoms with Crippen LogP contribution >= 0.6 is 0 Å². The highest BCUT2D eigenvalue weighted by molar-refractivity contribution is 5.95. The van der Waals surface area contributed by atoms with E-state index in [1.54, 1.807) is 60.7 Å². The number of carboxylic acids is 1. The molecule has 0 saturated heterocycles. The van der Waals surface area contributed by atoms with Crippen molar-refractivity contribution in [2.45, 2.75) is 19.1 Å². The third-order valence-corrected chi connectivity index (χ3v) is 3.32. The molecule has 124 valence electrons.